The molecular formula is C18H16N2O2. The fourth-order valence-corrected chi connectivity index (χ4v) is 2.50. The summed E-state index contributed by atoms with van der Waals surface area (Å²) in [5.74, 6) is 2.15. The molecule has 0 amide bonds. The van der Waals surface area contributed by atoms with Gasteiger partial charge in [0.15, 0.2) is 11.3 Å². The number of ether oxygens (including phenoxy) is 1. The van der Waals surface area contributed by atoms with E-state index >= 15 is 0 Å². The van der Waals surface area contributed by atoms with Gasteiger partial charge in [-0.25, -0.2) is 0 Å². The van der Waals surface area contributed by atoms with E-state index in [0.717, 1.165) is 28.8 Å². The molecule has 0 saturated carbocycles. The minimum Gasteiger partial charge on any atom is -0.457 e. The molecule has 0 unspecified atom stereocenters. The van der Waals surface area contributed by atoms with E-state index in [1.165, 1.54) is 0 Å². The van der Waals surface area contributed by atoms with Crippen LogP contribution in [0.4, 0.5) is 0 Å². The first kappa shape index (κ1) is 14.2. The molecule has 0 radical (unpaired) electrons. The molecule has 1 heterocycles. The minimum atomic E-state index is 0.566. The Kier molecular flexibility index (Phi) is 3.82. The Morgan fingerprint density at radius 3 is 2.82 bits per heavy atom. The zero-order valence-corrected chi connectivity index (χ0v) is 12.5. The molecule has 0 spiro atoms. The number of rotatable bonds is 4. The Morgan fingerprint density at radius 1 is 1.23 bits per heavy atom. The lowest BCUT2D eigenvalue weighted by atomic mass is 10.1. The van der Waals surface area contributed by atoms with Crippen LogP contribution in [0.2, 0.25) is 0 Å². The number of benzene rings is 2. The van der Waals surface area contributed by atoms with Gasteiger partial charge in [-0.2, -0.15) is 5.26 Å². The van der Waals surface area contributed by atoms with Crippen LogP contribution < -0.4 is 10.1 Å². The Hall–Kier alpha value is -2.77. The molecule has 0 fully saturated rings. The summed E-state index contributed by atoms with van der Waals surface area (Å²) in [5, 5.41) is 13.2. The van der Waals surface area contributed by atoms with Gasteiger partial charge in [0.25, 0.3) is 0 Å². The summed E-state index contributed by atoms with van der Waals surface area (Å²) in [6.45, 7) is 2.69. The predicted octanol–water partition coefficient (Wildman–Crippen LogP) is 4.12. The fraction of sp³-hybridized carbons (Fsp3) is 0.167. The molecule has 22 heavy (non-hydrogen) atoms. The topological polar surface area (TPSA) is 58.2 Å². The molecule has 4 nitrogen and oxygen atoms in total. The number of furan rings is 1. The predicted molar refractivity (Wildman–Crippen MR) is 84.9 cm³/mol. The van der Waals surface area contributed by atoms with Crippen LogP contribution in [-0.2, 0) is 6.54 Å². The molecule has 1 N–H and O–H groups in total. The molecule has 0 aliphatic rings. The third-order valence-electron chi connectivity index (χ3n) is 3.53. The van der Waals surface area contributed by atoms with Crippen molar-refractivity contribution in [3.8, 4) is 17.6 Å². The average molecular weight is 292 g/mol. The zero-order chi connectivity index (χ0) is 15.5. The Balaban J connectivity index is 2.04. The van der Waals surface area contributed by atoms with Crippen molar-refractivity contribution in [2.45, 2.75) is 13.5 Å². The SMILES string of the molecule is CNCc1c(C)oc2c(Oc3cccc(C#N)c3)cccc12. The number of aryl methyl sites for hydroxylation is 1. The van der Waals surface area contributed by atoms with Crippen LogP contribution in [0.25, 0.3) is 11.0 Å². The quantitative estimate of drug-likeness (QED) is 0.785. The third kappa shape index (κ3) is 2.54. The highest BCUT2D eigenvalue weighted by Crippen LogP contribution is 2.35. The second-order valence-electron chi connectivity index (χ2n) is 5.04. The highest BCUT2D eigenvalue weighted by molar-refractivity contribution is 5.87. The molecule has 3 aromatic rings. The summed E-state index contributed by atoms with van der Waals surface area (Å²) in [6.07, 6.45) is 0. The number of nitriles is 1. The largest absolute Gasteiger partial charge is 0.457 e. The first-order valence-corrected chi connectivity index (χ1v) is 7.06. The van der Waals surface area contributed by atoms with Crippen molar-refractivity contribution in [1.29, 1.82) is 5.26 Å². The molecule has 110 valence electrons. The van der Waals surface area contributed by atoms with Crippen molar-refractivity contribution in [3.63, 3.8) is 0 Å². The van der Waals surface area contributed by atoms with Crippen molar-refractivity contribution in [2.75, 3.05) is 7.05 Å². The van der Waals surface area contributed by atoms with Crippen molar-refractivity contribution >= 4 is 11.0 Å². The number of hydrogen-bond donors (Lipinski definition) is 1. The fourth-order valence-electron chi connectivity index (χ4n) is 2.50. The summed E-state index contributed by atoms with van der Waals surface area (Å²) >= 11 is 0. The van der Waals surface area contributed by atoms with Gasteiger partial charge in [0.2, 0.25) is 0 Å². The molecule has 0 saturated heterocycles. The smallest absolute Gasteiger partial charge is 0.177 e. The number of nitrogens with one attached hydrogen (secondary N) is 1. The molecular weight excluding hydrogens is 276 g/mol. The number of nitrogens with zero attached hydrogens (tertiary/aromatic N) is 1. The van der Waals surface area contributed by atoms with Crippen LogP contribution in [0.15, 0.2) is 46.9 Å². The van der Waals surface area contributed by atoms with Gasteiger partial charge < -0.3 is 14.5 Å². The van der Waals surface area contributed by atoms with E-state index in [2.05, 4.69) is 11.4 Å². The third-order valence-corrected chi connectivity index (χ3v) is 3.53. The summed E-state index contributed by atoms with van der Waals surface area (Å²) in [6, 6.07) is 15.0. The van der Waals surface area contributed by atoms with Gasteiger partial charge >= 0.3 is 0 Å². The molecule has 0 aliphatic carbocycles. The summed E-state index contributed by atoms with van der Waals surface area (Å²) < 4.78 is 11.8. The molecule has 0 bridgehead atoms. The highest BCUT2D eigenvalue weighted by atomic mass is 16.5. The van der Waals surface area contributed by atoms with Crippen LogP contribution in [0.3, 0.4) is 0 Å². The molecule has 1 aromatic heterocycles. The second-order valence-corrected chi connectivity index (χ2v) is 5.04. The molecule has 3 rings (SSSR count). The lowest BCUT2D eigenvalue weighted by Gasteiger charge is -2.06. The molecule has 0 atom stereocenters. The first-order valence-electron chi connectivity index (χ1n) is 7.06. The van der Waals surface area contributed by atoms with Gasteiger partial charge in [-0.05, 0) is 38.2 Å². The normalized spacial score (nSPS) is 10.6. The molecule has 0 aliphatic heterocycles. The summed E-state index contributed by atoms with van der Waals surface area (Å²) in [7, 11) is 1.91. The number of fused-ring (bicyclic) bond motifs is 1. The van der Waals surface area contributed by atoms with Crippen molar-refractivity contribution in [2.24, 2.45) is 0 Å². The van der Waals surface area contributed by atoms with Crippen LogP contribution >= 0.6 is 0 Å². The maximum Gasteiger partial charge on any atom is 0.177 e. The Morgan fingerprint density at radius 2 is 2.05 bits per heavy atom. The van der Waals surface area contributed by atoms with Crippen LogP contribution in [0.5, 0.6) is 11.5 Å². The average Bonchev–Trinajstić information content (AvgIpc) is 2.85. The standard InChI is InChI=1S/C18H16N2O2/c1-12-16(11-20-2)15-7-4-8-17(18(15)21-12)22-14-6-3-5-13(9-14)10-19/h3-9,20H,11H2,1-2H3. The second kappa shape index (κ2) is 5.92. The van der Waals surface area contributed by atoms with Gasteiger partial charge in [0.1, 0.15) is 11.5 Å². The summed E-state index contributed by atoms with van der Waals surface area (Å²) in [4.78, 5) is 0. The maximum absolute atomic E-state index is 8.97. The van der Waals surface area contributed by atoms with E-state index in [1.807, 2.05) is 38.2 Å². The Labute approximate surface area is 128 Å². The van der Waals surface area contributed by atoms with Crippen LogP contribution in [0.1, 0.15) is 16.9 Å². The first-order chi connectivity index (χ1) is 10.7. The zero-order valence-electron chi connectivity index (χ0n) is 12.5. The van der Waals surface area contributed by atoms with Gasteiger partial charge in [-0.3, -0.25) is 0 Å². The van der Waals surface area contributed by atoms with Gasteiger partial charge in [-0.15, -0.1) is 0 Å². The van der Waals surface area contributed by atoms with Crippen molar-refractivity contribution in [1.82, 2.24) is 5.32 Å². The van der Waals surface area contributed by atoms with E-state index < -0.39 is 0 Å². The van der Waals surface area contributed by atoms with E-state index in [1.54, 1.807) is 18.2 Å². The van der Waals surface area contributed by atoms with Crippen molar-refractivity contribution in [3.05, 3.63) is 59.4 Å². The highest BCUT2D eigenvalue weighted by Gasteiger charge is 2.14. The lowest BCUT2D eigenvalue weighted by Crippen LogP contribution is -2.05. The van der Waals surface area contributed by atoms with Gasteiger partial charge in [0.05, 0.1) is 11.6 Å². The monoisotopic (exact) mass is 292 g/mol. The number of para-hydroxylation sites is 1. The van der Waals surface area contributed by atoms with Crippen LogP contribution in [-0.4, -0.2) is 7.05 Å². The lowest BCUT2D eigenvalue weighted by molar-refractivity contribution is 0.468. The number of hydrogen-bond acceptors (Lipinski definition) is 4. The van der Waals surface area contributed by atoms with E-state index in [9.17, 15) is 0 Å². The molecule has 2 aromatic carbocycles. The van der Waals surface area contributed by atoms with E-state index in [-0.39, 0.29) is 0 Å². The van der Waals surface area contributed by atoms with Crippen molar-refractivity contribution < 1.29 is 9.15 Å². The van der Waals surface area contributed by atoms with Gasteiger partial charge in [0, 0.05) is 17.5 Å². The molecule has 4 heteroatoms. The maximum atomic E-state index is 8.97. The van der Waals surface area contributed by atoms with E-state index in [0.29, 0.717) is 17.1 Å². The van der Waals surface area contributed by atoms with E-state index in [4.69, 9.17) is 14.4 Å². The summed E-state index contributed by atoms with van der Waals surface area (Å²) in [5.41, 5.74) is 2.43. The minimum absolute atomic E-state index is 0.566. The Bertz CT molecular complexity index is 859. The van der Waals surface area contributed by atoms with Gasteiger partial charge in [-0.1, -0.05) is 18.2 Å². The van der Waals surface area contributed by atoms with Crippen LogP contribution in [0, 0.1) is 18.3 Å².